The lowest BCUT2D eigenvalue weighted by Gasteiger charge is -2.15. The Hall–Kier alpha value is -1.45. The van der Waals surface area contributed by atoms with E-state index in [2.05, 4.69) is 6.20 Å². The normalized spacial score (nSPS) is 14.5. The number of nitrogens with zero attached hydrogens (tertiary/aromatic N) is 1. The molecule has 1 aromatic rings. The van der Waals surface area contributed by atoms with Crippen molar-refractivity contribution >= 4 is 0 Å². The van der Waals surface area contributed by atoms with Crippen LogP contribution in [0.4, 0.5) is 0 Å². The molecule has 0 unspecified atom stereocenters. The third kappa shape index (κ3) is 1.07. The van der Waals surface area contributed by atoms with E-state index in [9.17, 15) is 5.21 Å². The van der Waals surface area contributed by atoms with Crippen molar-refractivity contribution in [1.29, 1.82) is 0 Å². The van der Waals surface area contributed by atoms with Gasteiger partial charge in [0.15, 0.2) is 5.75 Å². The SMILES string of the molecule is [O-][n+]1[c]cc2c(c1)OCCO2. The summed E-state index contributed by atoms with van der Waals surface area (Å²) < 4.78 is 10.9. The molecule has 4 nitrogen and oxygen atoms in total. The predicted octanol–water partition coefficient (Wildman–Crippen LogP) is -0.109. The maximum atomic E-state index is 10.7. The van der Waals surface area contributed by atoms with Gasteiger partial charge < -0.3 is 14.7 Å². The van der Waals surface area contributed by atoms with Crippen molar-refractivity contribution in [3.8, 4) is 11.5 Å². The van der Waals surface area contributed by atoms with E-state index in [1.54, 1.807) is 0 Å². The lowest BCUT2D eigenvalue weighted by molar-refractivity contribution is -0.610. The Morgan fingerprint density at radius 2 is 2.09 bits per heavy atom. The number of hydrogen-bond acceptors (Lipinski definition) is 3. The van der Waals surface area contributed by atoms with E-state index in [1.807, 2.05) is 0 Å². The van der Waals surface area contributed by atoms with Crippen molar-refractivity contribution in [3.05, 3.63) is 23.7 Å². The van der Waals surface area contributed by atoms with Gasteiger partial charge in [-0.25, -0.2) is 0 Å². The first-order valence-electron chi connectivity index (χ1n) is 3.27. The summed E-state index contributed by atoms with van der Waals surface area (Å²) >= 11 is 0. The zero-order valence-corrected chi connectivity index (χ0v) is 5.74. The van der Waals surface area contributed by atoms with Gasteiger partial charge in [0.25, 0.3) is 6.20 Å². The molecular formula is C7H6NO3. The fourth-order valence-corrected chi connectivity index (χ4v) is 0.925. The van der Waals surface area contributed by atoms with Gasteiger partial charge in [-0.15, -0.1) is 0 Å². The van der Waals surface area contributed by atoms with Crippen LogP contribution in [0.1, 0.15) is 0 Å². The zero-order chi connectivity index (χ0) is 7.68. The third-order valence-electron chi connectivity index (χ3n) is 1.40. The molecule has 2 rings (SSSR count). The van der Waals surface area contributed by atoms with E-state index < -0.39 is 0 Å². The number of pyridine rings is 1. The summed E-state index contributed by atoms with van der Waals surface area (Å²) in [5.41, 5.74) is 0. The second-order valence-corrected chi connectivity index (χ2v) is 2.15. The topological polar surface area (TPSA) is 45.4 Å². The highest BCUT2D eigenvalue weighted by atomic mass is 16.6. The summed E-state index contributed by atoms with van der Waals surface area (Å²) in [5.74, 6) is 1.08. The van der Waals surface area contributed by atoms with Crippen LogP contribution in [-0.2, 0) is 0 Å². The molecule has 0 fully saturated rings. The van der Waals surface area contributed by atoms with Gasteiger partial charge in [0, 0.05) is 0 Å². The van der Waals surface area contributed by atoms with E-state index >= 15 is 0 Å². The summed E-state index contributed by atoms with van der Waals surface area (Å²) in [6.45, 7) is 1.03. The first-order chi connectivity index (χ1) is 5.36. The van der Waals surface area contributed by atoms with Crippen molar-refractivity contribution < 1.29 is 14.2 Å². The van der Waals surface area contributed by atoms with Gasteiger partial charge in [0.1, 0.15) is 13.2 Å². The molecule has 0 bridgehead atoms. The van der Waals surface area contributed by atoms with E-state index in [-0.39, 0.29) is 0 Å². The highest BCUT2D eigenvalue weighted by molar-refractivity contribution is 5.35. The summed E-state index contributed by atoms with van der Waals surface area (Å²) in [6, 6.07) is 1.47. The molecule has 1 aliphatic heterocycles. The minimum atomic E-state index is 0.491. The van der Waals surface area contributed by atoms with Crippen molar-refractivity contribution in [2.24, 2.45) is 0 Å². The molecule has 2 heterocycles. The Bertz CT molecular complexity index is 274. The van der Waals surface area contributed by atoms with Gasteiger partial charge in [-0.1, -0.05) is 0 Å². The minimum absolute atomic E-state index is 0.491. The van der Waals surface area contributed by atoms with Crippen LogP contribution in [0.15, 0.2) is 12.3 Å². The molecule has 11 heavy (non-hydrogen) atoms. The molecule has 0 spiro atoms. The fraction of sp³-hybridized carbons (Fsp3) is 0.286. The van der Waals surface area contributed by atoms with Crippen molar-refractivity contribution in [3.63, 3.8) is 0 Å². The maximum absolute atomic E-state index is 10.7. The zero-order valence-electron chi connectivity index (χ0n) is 5.74. The van der Waals surface area contributed by atoms with Crippen LogP contribution >= 0.6 is 0 Å². The van der Waals surface area contributed by atoms with E-state index in [0.717, 1.165) is 0 Å². The number of ether oxygens (including phenoxy) is 2. The Kier molecular flexibility index (Phi) is 1.31. The quantitative estimate of drug-likeness (QED) is 0.385. The Morgan fingerprint density at radius 1 is 1.36 bits per heavy atom. The Morgan fingerprint density at radius 3 is 2.91 bits per heavy atom. The maximum Gasteiger partial charge on any atom is 0.294 e. The Labute approximate surface area is 63.6 Å². The smallest absolute Gasteiger partial charge is 0.294 e. The molecule has 0 saturated carbocycles. The Balaban J connectivity index is 2.43. The second kappa shape index (κ2) is 2.30. The lowest BCUT2D eigenvalue weighted by Crippen LogP contribution is -2.27. The molecule has 0 aliphatic carbocycles. The van der Waals surface area contributed by atoms with Crippen LogP contribution in [0.2, 0.25) is 0 Å². The molecule has 1 aromatic heterocycles. The van der Waals surface area contributed by atoms with Gasteiger partial charge >= 0.3 is 0 Å². The molecule has 1 radical (unpaired) electrons. The summed E-state index contributed by atoms with van der Waals surface area (Å²) in [4.78, 5) is 0. The van der Waals surface area contributed by atoms with E-state index in [1.165, 1.54) is 12.3 Å². The number of hydrogen-bond donors (Lipinski definition) is 0. The number of rotatable bonds is 0. The first-order valence-corrected chi connectivity index (χ1v) is 3.27. The average Bonchev–Trinajstić information content (AvgIpc) is 2.04. The van der Waals surface area contributed by atoms with Crippen LogP contribution in [0.25, 0.3) is 0 Å². The molecule has 4 heteroatoms. The highest BCUT2D eigenvalue weighted by Crippen LogP contribution is 2.26. The molecule has 0 aromatic carbocycles. The molecular weight excluding hydrogens is 146 g/mol. The standard InChI is InChI=1S/C7H6NO3/c9-8-2-1-6-7(5-8)11-4-3-10-6/h1,5H,3-4H2. The van der Waals surface area contributed by atoms with Gasteiger partial charge in [-0.3, -0.25) is 0 Å². The first kappa shape index (κ1) is 6.27. The van der Waals surface area contributed by atoms with Crippen LogP contribution in [0, 0.1) is 11.4 Å². The summed E-state index contributed by atoms with van der Waals surface area (Å²) in [5, 5.41) is 10.7. The van der Waals surface area contributed by atoms with Gasteiger partial charge in [0.05, 0.1) is 6.07 Å². The van der Waals surface area contributed by atoms with Crippen molar-refractivity contribution in [2.75, 3.05) is 13.2 Å². The van der Waals surface area contributed by atoms with Crippen LogP contribution in [0.5, 0.6) is 11.5 Å². The van der Waals surface area contributed by atoms with Crippen LogP contribution in [0.3, 0.4) is 0 Å². The summed E-state index contributed by atoms with van der Waals surface area (Å²) in [7, 11) is 0. The molecule has 0 amide bonds. The lowest BCUT2D eigenvalue weighted by atomic mass is 10.4. The highest BCUT2D eigenvalue weighted by Gasteiger charge is 2.14. The largest absolute Gasteiger partial charge is 0.618 e. The van der Waals surface area contributed by atoms with Gasteiger partial charge in [-0.2, -0.15) is 4.73 Å². The molecule has 0 N–H and O–H groups in total. The number of fused-ring (bicyclic) bond motifs is 1. The minimum Gasteiger partial charge on any atom is -0.618 e. The summed E-state index contributed by atoms with van der Waals surface area (Å²) in [6.07, 6.45) is 3.72. The molecule has 0 atom stereocenters. The third-order valence-corrected chi connectivity index (χ3v) is 1.40. The number of aromatic nitrogens is 1. The average molecular weight is 152 g/mol. The van der Waals surface area contributed by atoms with Crippen LogP contribution in [-0.4, -0.2) is 13.2 Å². The van der Waals surface area contributed by atoms with E-state index in [0.29, 0.717) is 29.4 Å². The van der Waals surface area contributed by atoms with Gasteiger partial charge in [-0.05, 0) is 0 Å². The predicted molar refractivity (Wildman–Crippen MR) is 35.2 cm³/mol. The molecule has 57 valence electrons. The fourth-order valence-electron chi connectivity index (χ4n) is 0.925. The van der Waals surface area contributed by atoms with Crippen molar-refractivity contribution in [2.45, 2.75) is 0 Å². The molecule has 0 saturated heterocycles. The van der Waals surface area contributed by atoms with E-state index in [4.69, 9.17) is 9.47 Å². The van der Waals surface area contributed by atoms with Crippen LogP contribution < -0.4 is 14.2 Å². The monoisotopic (exact) mass is 152 g/mol. The van der Waals surface area contributed by atoms with Gasteiger partial charge in [0.2, 0.25) is 11.9 Å². The molecule has 1 aliphatic rings. The second-order valence-electron chi connectivity index (χ2n) is 2.15. The van der Waals surface area contributed by atoms with Crippen molar-refractivity contribution in [1.82, 2.24) is 0 Å².